The van der Waals surface area contributed by atoms with Crippen LogP contribution in [0.3, 0.4) is 0 Å². The van der Waals surface area contributed by atoms with Crippen LogP contribution in [0.4, 0.5) is 10.1 Å². The number of hydrogen-bond acceptors (Lipinski definition) is 5. The van der Waals surface area contributed by atoms with Gasteiger partial charge >= 0.3 is 0 Å². The van der Waals surface area contributed by atoms with Gasteiger partial charge in [-0.05, 0) is 48.6 Å². The van der Waals surface area contributed by atoms with Crippen LogP contribution in [0.15, 0.2) is 53.5 Å². The molecule has 0 unspecified atom stereocenters. The molecule has 0 bridgehead atoms. The number of nitrogens with zero attached hydrogens (tertiary/aromatic N) is 2. The molecule has 4 nitrogen and oxygen atoms in total. The number of fused-ring (bicyclic) bond motifs is 1. The average molecular weight is 382 g/mol. The van der Waals surface area contributed by atoms with Gasteiger partial charge in [0.25, 0.3) is 5.91 Å². The first-order valence-corrected chi connectivity index (χ1v) is 8.87. The number of thiazole rings is 1. The molecule has 0 aliphatic carbocycles. The van der Waals surface area contributed by atoms with E-state index in [1.165, 1.54) is 24.3 Å². The van der Waals surface area contributed by atoms with Gasteiger partial charge in [0.2, 0.25) is 5.88 Å². The topological polar surface area (TPSA) is 54.6 Å². The molecule has 4 rings (SSSR count). The smallest absolute Gasteiger partial charge is 0.266 e. The number of aromatic hydroxyl groups is 1. The number of aromatic nitrogens is 1. The van der Waals surface area contributed by atoms with E-state index in [0.29, 0.717) is 4.88 Å². The lowest BCUT2D eigenvalue weighted by Gasteiger charge is -2.04. The number of benzene rings is 2. The summed E-state index contributed by atoms with van der Waals surface area (Å²) in [4.78, 5) is 17.4. The third-order valence-electron chi connectivity index (χ3n) is 3.95. The molecule has 1 aliphatic rings. The zero-order chi connectivity index (χ0) is 18.3. The first kappa shape index (κ1) is 16.6. The lowest BCUT2D eigenvalue weighted by Crippen LogP contribution is -2.11. The fourth-order valence-electron chi connectivity index (χ4n) is 2.67. The third kappa shape index (κ3) is 2.81. The van der Waals surface area contributed by atoms with Crippen molar-refractivity contribution in [1.29, 1.82) is 0 Å². The Morgan fingerprint density at radius 3 is 2.69 bits per heavy atom. The molecule has 0 fully saturated rings. The second kappa shape index (κ2) is 6.44. The van der Waals surface area contributed by atoms with E-state index < -0.39 is 11.7 Å². The Balaban J connectivity index is 1.76. The predicted molar refractivity (Wildman–Crippen MR) is 103 cm³/mol. The summed E-state index contributed by atoms with van der Waals surface area (Å²) in [6.07, 6.45) is 3.46. The van der Waals surface area contributed by atoms with E-state index in [0.717, 1.165) is 32.7 Å². The van der Waals surface area contributed by atoms with Crippen LogP contribution in [0.2, 0.25) is 0 Å². The predicted octanol–water partition coefficient (Wildman–Crippen LogP) is 5.07. The molecular formula is C19H11FN2O2S2. The molecule has 0 saturated carbocycles. The van der Waals surface area contributed by atoms with Gasteiger partial charge in [0.05, 0.1) is 10.6 Å². The van der Waals surface area contributed by atoms with Crippen molar-refractivity contribution in [3.63, 3.8) is 0 Å². The summed E-state index contributed by atoms with van der Waals surface area (Å²) < 4.78 is 14.3. The number of halogens is 1. The largest absolute Gasteiger partial charge is 0.493 e. The van der Waals surface area contributed by atoms with Gasteiger partial charge < -0.3 is 5.11 Å². The van der Waals surface area contributed by atoms with Crippen molar-refractivity contribution >= 4 is 53.0 Å². The fraction of sp³-hybridized carbons (Fsp3) is 0. The Labute approximate surface area is 157 Å². The highest BCUT2D eigenvalue weighted by atomic mass is 32.1. The normalized spacial score (nSPS) is 14.0. The van der Waals surface area contributed by atoms with Crippen molar-refractivity contribution in [1.82, 2.24) is 4.57 Å². The molecule has 128 valence electrons. The zero-order valence-electron chi connectivity index (χ0n) is 13.2. The van der Waals surface area contributed by atoms with E-state index in [9.17, 15) is 14.3 Å². The Morgan fingerprint density at radius 1 is 1.19 bits per heavy atom. The van der Waals surface area contributed by atoms with E-state index >= 15 is 0 Å². The molecule has 3 aromatic rings. The van der Waals surface area contributed by atoms with Gasteiger partial charge in [-0.3, -0.25) is 9.79 Å². The number of carbonyl (C=O) groups is 1. The molecular weight excluding hydrogens is 371 g/mol. The number of carbonyl (C=O) groups excluding carboxylic acids is 1. The van der Waals surface area contributed by atoms with Crippen LogP contribution in [0.5, 0.6) is 5.88 Å². The van der Waals surface area contributed by atoms with E-state index in [2.05, 4.69) is 4.99 Å². The van der Waals surface area contributed by atoms with E-state index in [1.807, 2.05) is 24.3 Å². The number of aliphatic imine (C=N–C) groups is 1. The van der Waals surface area contributed by atoms with Crippen LogP contribution < -0.4 is 0 Å². The van der Waals surface area contributed by atoms with Crippen molar-refractivity contribution in [2.24, 2.45) is 4.99 Å². The molecule has 2 heterocycles. The summed E-state index contributed by atoms with van der Waals surface area (Å²) in [5.74, 6) is -1.18. The van der Waals surface area contributed by atoms with Gasteiger partial charge in [0, 0.05) is 22.9 Å². The summed E-state index contributed by atoms with van der Waals surface area (Å²) in [6, 6.07) is 12.7. The molecule has 0 radical (unpaired) electrons. The number of hydrogen-bond donors (Lipinski definition) is 1. The maximum absolute atomic E-state index is 13.1. The van der Waals surface area contributed by atoms with Gasteiger partial charge in [0.15, 0.2) is 3.95 Å². The molecule has 1 aromatic heterocycles. The monoisotopic (exact) mass is 382 g/mol. The number of allylic oxidation sites excluding steroid dienone is 1. The van der Waals surface area contributed by atoms with Crippen LogP contribution in [0.1, 0.15) is 20.8 Å². The lowest BCUT2D eigenvalue weighted by atomic mass is 10.1. The Bertz CT molecular complexity index is 1140. The molecule has 1 aliphatic heterocycles. The first-order chi connectivity index (χ1) is 12.5. The summed E-state index contributed by atoms with van der Waals surface area (Å²) in [5.41, 5.74) is 2.86. The minimum atomic E-state index is -0.506. The second-order valence-electron chi connectivity index (χ2n) is 5.58. The summed E-state index contributed by atoms with van der Waals surface area (Å²) in [5, 5.41) is 10.5. The van der Waals surface area contributed by atoms with Crippen molar-refractivity contribution in [3.05, 3.63) is 74.3 Å². The first-order valence-electron chi connectivity index (χ1n) is 7.65. The van der Waals surface area contributed by atoms with Gasteiger partial charge in [-0.1, -0.05) is 18.2 Å². The highest BCUT2D eigenvalue weighted by molar-refractivity contribution is 7.73. The number of rotatable bonds is 2. The molecule has 0 saturated heterocycles. The molecule has 0 atom stereocenters. The molecule has 7 heteroatoms. The maximum Gasteiger partial charge on any atom is 0.266 e. The van der Waals surface area contributed by atoms with Gasteiger partial charge in [-0.25, -0.2) is 8.96 Å². The SMILES string of the molecule is O=C(c1ccc(F)cc1)n1c(O)c(C=C2C=Nc3ccccc32)sc1=S. The van der Waals surface area contributed by atoms with Gasteiger partial charge in [0.1, 0.15) is 5.82 Å². The Hall–Kier alpha value is -2.90. The van der Waals surface area contributed by atoms with Crippen LogP contribution >= 0.6 is 23.6 Å². The van der Waals surface area contributed by atoms with E-state index in [1.54, 1.807) is 12.3 Å². The van der Waals surface area contributed by atoms with Crippen LogP contribution in [0, 0.1) is 9.77 Å². The second-order valence-corrected chi connectivity index (χ2v) is 7.25. The summed E-state index contributed by atoms with van der Waals surface area (Å²) in [6.45, 7) is 0. The van der Waals surface area contributed by atoms with Crippen LogP contribution in [0.25, 0.3) is 11.6 Å². The van der Waals surface area contributed by atoms with Crippen LogP contribution in [-0.4, -0.2) is 21.8 Å². The van der Waals surface area contributed by atoms with Crippen molar-refractivity contribution in [3.8, 4) is 5.88 Å². The maximum atomic E-state index is 13.1. The standard InChI is InChI=1S/C19H11FN2O2S2/c20-13-7-5-11(6-8-13)17(23)22-18(24)16(26-19(22)25)9-12-10-21-15-4-2-1-3-14(12)15/h1-10,24H. The zero-order valence-corrected chi connectivity index (χ0v) is 14.9. The quantitative estimate of drug-likeness (QED) is 0.630. The van der Waals surface area contributed by atoms with E-state index in [-0.39, 0.29) is 15.4 Å². The molecule has 26 heavy (non-hydrogen) atoms. The molecule has 0 spiro atoms. The van der Waals surface area contributed by atoms with E-state index in [4.69, 9.17) is 12.2 Å². The van der Waals surface area contributed by atoms with Crippen molar-refractivity contribution in [2.75, 3.05) is 0 Å². The lowest BCUT2D eigenvalue weighted by molar-refractivity contribution is 0.0950. The highest BCUT2D eigenvalue weighted by Crippen LogP contribution is 2.35. The fourth-order valence-corrected chi connectivity index (χ4v) is 3.93. The summed E-state index contributed by atoms with van der Waals surface area (Å²) >= 11 is 6.37. The van der Waals surface area contributed by atoms with Crippen molar-refractivity contribution < 1.29 is 14.3 Å². The summed E-state index contributed by atoms with van der Waals surface area (Å²) in [7, 11) is 0. The molecule has 0 amide bonds. The molecule has 2 aromatic carbocycles. The molecule has 1 N–H and O–H groups in total. The Kier molecular flexibility index (Phi) is 4.10. The number of para-hydroxylation sites is 1. The average Bonchev–Trinajstić information content (AvgIpc) is 3.16. The minimum Gasteiger partial charge on any atom is -0.493 e. The minimum absolute atomic E-state index is 0.215. The van der Waals surface area contributed by atoms with Crippen LogP contribution in [-0.2, 0) is 0 Å². The Morgan fingerprint density at radius 2 is 1.92 bits per heavy atom. The third-order valence-corrected chi connectivity index (χ3v) is 5.26. The van der Waals surface area contributed by atoms with Gasteiger partial charge in [-0.15, -0.1) is 11.3 Å². The van der Waals surface area contributed by atoms with Crippen molar-refractivity contribution in [2.45, 2.75) is 0 Å². The van der Waals surface area contributed by atoms with Gasteiger partial charge in [-0.2, -0.15) is 0 Å². The highest BCUT2D eigenvalue weighted by Gasteiger charge is 2.19.